The lowest BCUT2D eigenvalue weighted by Crippen LogP contribution is -2.39. The number of aromatic nitrogens is 1. The maximum atomic E-state index is 12.0. The number of nitrogens with zero attached hydrogens (tertiary/aromatic N) is 1. The number of ether oxygens (including phenoxy) is 1. The van der Waals surface area contributed by atoms with E-state index in [0.717, 1.165) is 6.42 Å². The predicted molar refractivity (Wildman–Crippen MR) is 63.3 cm³/mol. The molecule has 1 saturated heterocycles. The molecule has 0 bridgehead atoms. The lowest BCUT2D eigenvalue weighted by Gasteiger charge is -2.16. The quantitative estimate of drug-likeness (QED) is 0.518. The van der Waals surface area contributed by atoms with Crippen LogP contribution < -0.4 is 16.6 Å². The number of hydrazine groups is 1. The molecule has 0 radical (unpaired) electrons. The highest BCUT2D eigenvalue weighted by Crippen LogP contribution is 2.14. The largest absolute Gasteiger partial charge is 0.376 e. The van der Waals surface area contributed by atoms with Crippen molar-refractivity contribution in [3.05, 3.63) is 23.9 Å². The van der Waals surface area contributed by atoms with Gasteiger partial charge in [0.1, 0.15) is 5.82 Å². The Morgan fingerprint density at radius 2 is 2.47 bits per heavy atom. The van der Waals surface area contributed by atoms with Gasteiger partial charge in [0.15, 0.2) is 0 Å². The first kappa shape index (κ1) is 11.8. The van der Waals surface area contributed by atoms with Crippen LogP contribution in [0.2, 0.25) is 0 Å². The van der Waals surface area contributed by atoms with Crippen LogP contribution in [-0.4, -0.2) is 29.6 Å². The first-order valence-electron chi connectivity index (χ1n) is 5.56. The van der Waals surface area contributed by atoms with E-state index in [9.17, 15) is 4.79 Å². The third kappa shape index (κ3) is 2.72. The number of anilines is 1. The van der Waals surface area contributed by atoms with Gasteiger partial charge in [-0.15, -0.1) is 0 Å². The molecule has 0 aromatic carbocycles. The molecule has 1 fully saturated rings. The maximum Gasteiger partial charge on any atom is 0.251 e. The third-order valence-corrected chi connectivity index (χ3v) is 2.86. The topological polar surface area (TPSA) is 89.3 Å². The SMILES string of the molecule is CC1OCCC1NC(=O)c1ccnc(NN)c1. The number of carbonyl (C=O) groups excluding carboxylic acids is 1. The van der Waals surface area contributed by atoms with Gasteiger partial charge in [-0.05, 0) is 25.5 Å². The summed E-state index contributed by atoms with van der Waals surface area (Å²) in [4.78, 5) is 15.9. The summed E-state index contributed by atoms with van der Waals surface area (Å²) < 4.78 is 5.39. The zero-order valence-electron chi connectivity index (χ0n) is 9.64. The highest BCUT2D eigenvalue weighted by Gasteiger charge is 2.25. The van der Waals surface area contributed by atoms with Gasteiger partial charge < -0.3 is 15.5 Å². The minimum Gasteiger partial charge on any atom is -0.376 e. The fourth-order valence-corrected chi connectivity index (χ4v) is 1.82. The lowest BCUT2D eigenvalue weighted by molar-refractivity contribution is 0.0866. The van der Waals surface area contributed by atoms with E-state index in [1.54, 1.807) is 18.3 Å². The predicted octanol–water partition coefficient (Wildman–Crippen LogP) is 0.274. The molecule has 17 heavy (non-hydrogen) atoms. The number of pyridine rings is 1. The van der Waals surface area contributed by atoms with E-state index in [1.165, 1.54) is 0 Å². The number of hydrogen-bond donors (Lipinski definition) is 3. The lowest BCUT2D eigenvalue weighted by atomic mass is 10.1. The van der Waals surface area contributed by atoms with Gasteiger partial charge in [0, 0.05) is 18.4 Å². The standard InChI is InChI=1S/C11H16N4O2/c1-7-9(3-5-17-7)14-11(16)8-2-4-13-10(6-8)15-12/h2,4,6-7,9H,3,5,12H2,1H3,(H,13,15)(H,14,16). The Morgan fingerprint density at radius 3 is 3.12 bits per heavy atom. The van der Waals surface area contributed by atoms with Crippen molar-refractivity contribution >= 4 is 11.7 Å². The second-order valence-corrected chi connectivity index (χ2v) is 4.02. The summed E-state index contributed by atoms with van der Waals surface area (Å²) in [6.07, 6.45) is 2.45. The van der Waals surface area contributed by atoms with Gasteiger partial charge >= 0.3 is 0 Å². The van der Waals surface area contributed by atoms with Crippen molar-refractivity contribution in [3.63, 3.8) is 0 Å². The van der Waals surface area contributed by atoms with Gasteiger partial charge in [-0.2, -0.15) is 0 Å². The average molecular weight is 236 g/mol. The average Bonchev–Trinajstić information content (AvgIpc) is 2.75. The highest BCUT2D eigenvalue weighted by atomic mass is 16.5. The highest BCUT2D eigenvalue weighted by molar-refractivity contribution is 5.95. The second-order valence-electron chi connectivity index (χ2n) is 4.02. The van der Waals surface area contributed by atoms with E-state index in [-0.39, 0.29) is 18.1 Å². The van der Waals surface area contributed by atoms with E-state index in [4.69, 9.17) is 10.6 Å². The third-order valence-electron chi connectivity index (χ3n) is 2.86. The second kappa shape index (κ2) is 5.11. The molecule has 2 atom stereocenters. The van der Waals surface area contributed by atoms with Gasteiger partial charge in [0.2, 0.25) is 0 Å². The molecule has 1 aliphatic rings. The molecule has 2 rings (SSSR count). The molecule has 92 valence electrons. The van der Waals surface area contributed by atoms with Crippen LogP contribution in [0.25, 0.3) is 0 Å². The molecule has 1 aromatic heterocycles. The van der Waals surface area contributed by atoms with Crippen molar-refractivity contribution < 1.29 is 9.53 Å². The normalized spacial score (nSPS) is 23.4. The van der Waals surface area contributed by atoms with Gasteiger partial charge in [-0.1, -0.05) is 0 Å². The Bertz CT molecular complexity index is 410. The van der Waals surface area contributed by atoms with Crippen LogP contribution in [0.5, 0.6) is 0 Å². The van der Waals surface area contributed by atoms with Crippen LogP contribution in [0.1, 0.15) is 23.7 Å². The van der Waals surface area contributed by atoms with Crippen molar-refractivity contribution in [1.29, 1.82) is 0 Å². The van der Waals surface area contributed by atoms with Gasteiger partial charge in [-0.25, -0.2) is 10.8 Å². The zero-order valence-corrected chi connectivity index (χ0v) is 9.64. The van der Waals surface area contributed by atoms with Crippen LogP contribution >= 0.6 is 0 Å². The fourth-order valence-electron chi connectivity index (χ4n) is 1.82. The molecule has 1 aliphatic heterocycles. The van der Waals surface area contributed by atoms with Crippen molar-refractivity contribution in [1.82, 2.24) is 10.3 Å². The van der Waals surface area contributed by atoms with Crippen LogP contribution in [0, 0.1) is 0 Å². The Hall–Kier alpha value is -1.66. The van der Waals surface area contributed by atoms with Crippen LogP contribution in [0.3, 0.4) is 0 Å². The molecule has 4 N–H and O–H groups in total. The van der Waals surface area contributed by atoms with E-state index >= 15 is 0 Å². The molecule has 2 unspecified atom stereocenters. The molecule has 2 heterocycles. The summed E-state index contributed by atoms with van der Waals surface area (Å²) >= 11 is 0. The summed E-state index contributed by atoms with van der Waals surface area (Å²) in [7, 11) is 0. The van der Waals surface area contributed by atoms with Crippen LogP contribution in [-0.2, 0) is 4.74 Å². The van der Waals surface area contributed by atoms with E-state index < -0.39 is 0 Å². The van der Waals surface area contributed by atoms with Crippen molar-refractivity contribution in [3.8, 4) is 0 Å². The van der Waals surface area contributed by atoms with Gasteiger partial charge in [0.25, 0.3) is 5.91 Å². The molecule has 6 heteroatoms. The molecule has 0 aliphatic carbocycles. The van der Waals surface area contributed by atoms with Crippen LogP contribution in [0.4, 0.5) is 5.82 Å². The number of rotatable bonds is 3. The van der Waals surface area contributed by atoms with E-state index in [2.05, 4.69) is 15.7 Å². The first-order valence-corrected chi connectivity index (χ1v) is 5.56. The summed E-state index contributed by atoms with van der Waals surface area (Å²) in [6, 6.07) is 3.33. The Balaban J connectivity index is 2.03. The summed E-state index contributed by atoms with van der Waals surface area (Å²) in [5, 5.41) is 2.94. The molecule has 0 spiro atoms. The van der Waals surface area contributed by atoms with Crippen molar-refractivity contribution in [2.24, 2.45) is 5.84 Å². The zero-order chi connectivity index (χ0) is 12.3. The van der Waals surface area contributed by atoms with Crippen molar-refractivity contribution in [2.45, 2.75) is 25.5 Å². The molecule has 6 nitrogen and oxygen atoms in total. The van der Waals surface area contributed by atoms with Crippen molar-refractivity contribution in [2.75, 3.05) is 12.0 Å². The molecular weight excluding hydrogens is 220 g/mol. The summed E-state index contributed by atoms with van der Waals surface area (Å²) in [5.74, 6) is 5.57. The van der Waals surface area contributed by atoms with Gasteiger partial charge in [0.05, 0.1) is 12.1 Å². The molecular formula is C11H16N4O2. The molecule has 0 saturated carbocycles. The smallest absolute Gasteiger partial charge is 0.251 e. The number of hydrogen-bond acceptors (Lipinski definition) is 5. The summed E-state index contributed by atoms with van der Waals surface area (Å²) in [5.41, 5.74) is 2.94. The Labute approximate surface area is 99.5 Å². The number of carbonyl (C=O) groups is 1. The monoisotopic (exact) mass is 236 g/mol. The number of nitrogens with two attached hydrogens (primary N) is 1. The van der Waals surface area contributed by atoms with E-state index in [1.807, 2.05) is 6.92 Å². The minimum absolute atomic E-state index is 0.0629. The first-order chi connectivity index (χ1) is 8.20. The van der Waals surface area contributed by atoms with Gasteiger partial charge in [-0.3, -0.25) is 4.79 Å². The number of nitrogen functional groups attached to an aromatic ring is 1. The number of amides is 1. The molecule has 1 aromatic rings. The Kier molecular flexibility index (Phi) is 3.55. The summed E-state index contributed by atoms with van der Waals surface area (Å²) in [6.45, 7) is 2.65. The number of nitrogens with one attached hydrogen (secondary N) is 2. The fraction of sp³-hybridized carbons (Fsp3) is 0.455. The molecule has 1 amide bonds. The minimum atomic E-state index is -0.133. The van der Waals surface area contributed by atoms with E-state index in [0.29, 0.717) is 18.0 Å². The van der Waals surface area contributed by atoms with Crippen LogP contribution in [0.15, 0.2) is 18.3 Å². The maximum absolute atomic E-state index is 12.0. The Morgan fingerprint density at radius 1 is 1.65 bits per heavy atom.